The number of rotatable bonds is 7. The fourth-order valence-electron chi connectivity index (χ4n) is 2.20. The second-order valence-corrected chi connectivity index (χ2v) is 8.15. The molecule has 2 aromatic carbocycles. The highest BCUT2D eigenvalue weighted by Crippen LogP contribution is 2.20. The van der Waals surface area contributed by atoms with Gasteiger partial charge in [0.25, 0.3) is 5.91 Å². The maximum Gasteiger partial charge on any atom is 0.256 e. The van der Waals surface area contributed by atoms with Gasteiger partial charge in [-0.15, -0.1) is 0 Å². The van der Waals surface area contributed by atoms with Gasteiger partial charge in [-0.2, -0.15) is 0 Å². The summed E-state index contributed by atoms with van der Waals surface area (Å²) in [5.41, 5.74) is 0.520. The van der Waals surface area contributed by atoms with Gasteiger partial charge < -0.3 is 10.1 Å². The number of benzene rings is 2. The van der Waals surface area contributed by atoms with E-state index in [1.165, 1.54) is 43.5 Å². The number of carbonyl (C=O) groups excluding carboxylic acids is 1. The van der Waals surface area contributed by atoms with E-state index in [4.69, 9.17) is 4.74 Å². The molecule has 9 heteroatoms. The third-order valence-electron chi connectivity index (χ3n) is 3.37. The van der Waals surface area contributed by atoms with Crippen LogP contribution in [0.3, 0.4) is 0 Å². The number of nitrogens with one attached hydrogen (secondary N) is 2. The van der Waals surface area contributed by atoms with Gasteiger partial charge in [-0.3, -0.25) is 4.79 Å². The molecule has 0 bridgehead atoms. The molecule has 2 rings (SSSR count). The standard InChI is InChI=1S/C17H18BrFN2O4S/c1-11(10-25-2)21-26(23,24)14-6-4-13(5-7-14)20-17(22)15-9-12(19)3-8-16(15)18/h3-9,11,21H,10H2,1-2H3,(H,20,22). The number of anilines is 1. The Morgan fingerprint density at radius 1 is 1.23 bits per heavy atom. The van der Waals surface area contributed by atoms with Crippen LogP contribution < -0.4 is 10.0 Å². The van der Waals surface area contributed by atoms with Gasteiger partial charge in [0.05, 0.1) is 17.1 Å². The summed E-state index contributed by atoms with van der Waals surface area (Å²) < 4.78 is 45.7. The average Bonchev–Trinajstić information content (AvgIpc) is 2.57. The number of ether oxygens (including phenoxy) is 1. The second kappa shape index (κ2) is 8.72. The van der Waals surface area contributed by atoms with Gasteiger partial charge in [0.15, 0.2) is 0 Å². The van der Waals surface area contributed by atoms with Crippen molar-refractivity contribution in [3.05, 3.63) is 58.3 Å². The summed E-state index contributed by atoms with van der Waals surface area (Å²) in [5, 5.41) is 2.60. The summed E-state index contributed by atoms with van der Waals surface area (Å²) in [6.07, 6.45) is 0. The Bertz CT molecular complexity index is 888. The first-order chi connectivity index (χ1) is 12.2. The van der Waals surface area contributed by atoms with Gasteiger partial charge in [-0.1, -0.05) is 0 Å². The zero-order valence-electron chi connectivity index (χ0n) is 14.1. The lowest BCUT2D eigenvalue weighted by Gasteiger charge is -2.13. The van der Waals surface area contributed by atoms with Gasteiger partial charge >= 0.3 is 0 Å². The van der Waals surface area contributed by atoms with Gasteiger partial charge in [-0.05, 0) is 65.3 Å². The predicted octanol–water partition coefficient (Wildman–Crippen LogP) is 3.15. The first kappa shape index (κ1) is 20.5. The average molecular weight is 445 g/mol. The highest BCUT2D eigenvalue weighted by Gasteiger charge is 2.18. The normalized spacial score (nSPS) is 12.6. The molecule has 0 saturated carbocycles. The Morgan fingerprint density at radius 3 is 2.50 bits per heavy atom. The summed E-state index contributed by atoms with van der Waals surface area (Å²) in [6, 6.07) is 9.07. The summed E-state index contributed by atoms with van der Waals surface area (Å²) in [5.74, 6) is -1.05. The van der Waals surface area contributed by atoms with Crippen molar-refractivity contribution in [2.75, 3.05) is 19.0 Å². The van der Waals surface area contributed by atoms with Crippen LogP contribution in [0.15, 0.2) is 51.8 Å². The maximum absolute atomic E-state index is 13.3. The highest BCUT2D eigenvalue weighted by molar-refractivity contribution is 9.10. The zero-order valence-corrected chi connectivity index (χ0v) is 16.5. The molecule has 1 unspecified atom stereocenters. The number of sulfonamides is 1. The minimum atomic E-state index is -3.69. The molecular formula is C17H18BrFN2O4S. The smallest absolute Gasteiger partial charge is 0.256 e. The molecule has 0 radical (unpaired) electrons. The van der Waals surface area contributed by atoms with Crippen molar-refractivity contribution in [3.63, 3.8) is 0 Å². The van der Waals surface area contributed by atoms with Crippen LogP contribution in [0.2, 0.25) is 0 Å². The summed E-state index contributed by atoms with van der Waals surface area (Å²) in [6.45, 7) is 1.93. The number of methoxy groups -OCH3 is 1. The minimum absolute atomic E-state index is 0.0605. The molecule has 1 amide bonds. The van der Waals surface area contributed by atoms with E-state index in [2.05, 4.69) is 26.0 Å². The molecule has 2 N–H and O–H groups in total. The van der Waals surface area contributed by atoms with Crippen LogP contribution in [0.4, 0.5) is 10.1 Å². The maximum atomic E-state index is 13.3. The highest BCUT2D eigenvalue weighted by atomic mass is 79.9. The molecule has 0 aliphatic heterocycles. The first-order valence-electron chi connectivity index (χ1n) is 7.60. The summed E-state index contributed by atoms with van der Waals surface area (Å²) >= 11 is 3.19. The molecule has 1 atom stereocenters. The number of carbonyl (C=O) groups is 1. The van der Waals surface area contributed by atoms with E-state index in [0.29, 0.717) is 10.2 Å². The van der Waals surface area contributed by atoms with Crippen LogP contribution in [0.5, 0.6) is 0 Å². The van der Waals surface area contributed by atoms with Crippen LogP contribution in [0, 0.1) is 5.82 Å². The van der Waals surface area contributed by atoms with E-state index in [9.17, 15) is 17.6 Å². The monoisotopic (exact) mass is 444 g/mol. The number of hydrogen-bond donors (Lipinski definition) is 2. The van der Waals surface area contributed by atoms with Crippen LogP contribution in [-0.2, 0) is 14.8 Å². The Morgan fingerprint density at radius 2 is 1.88 bits per heavy atom. The quantitative estimate of drug-likeness (QED) is 0.686. The van der Waals surface area contributed by atoms with Gasteiger partial charge in [0.1, 0.15) is 5.82 Å². The fraction of sp³-hybridized carbons (Fsp3) is 0.235. The molecule has 0 aliphatic carbocycles. The van der Waals surface area contributed by atoms with Crippen LogP contribution in [0.1, 0.15) is 17.3 Å². The van der Waals surface area contributed by atoms with Crippen molar-refractivity contribution in [2.24, 2.45) is 0 Å². The SMILES string of the molecule is COCC(C)NS(=O)(=O)c1ccc(NC(=O)c2cc(F)ccc2Br)cc1. The summed E-state index contributed by atoms with van der Waals surface area (Å²) in [7, 11) is -2.21. The van der Waals surface area contributed by atoms with Crippen molar-refractivity contribution in [1.29, 1.82) is 0 Å². The molecule has 6 nitrogen and oxygen atoms in total. The van der Waals surface area contributed by atoms with E-state index >= 15 is 0 Å². The number of amides is 1. The molecule has 26 heavy (non-hydrogen) atoms. The third kappa shape index (κ3) is 5.34. The first-order valence-corrected chi connectivity index (χ1v) is 9.88. The Hall–Kier alpha value is -1.81. The van der Waals surface area contributed by atoms with Crippen molar-refractivity contribution < 1.29 is 22.3 Å². The van der Waals surface area contributed by atoms with E-state index in [0.717, 1.165) is 6.07 Å². The molecule has 2 aromatic rings. The lowest BCUT2D eigenvalue weighted by atomic mass is 10.2. The summed E-state index contributed by atoms with van der Waals surface area (Å²) in [4.78, 5) is 12.3. The van der Waals surface area contributed by atoms with Crippen LogP contribution >= 0.6 is 15.9 Å². The molecule has 0 aliphatic rings. The Labute approximate surface area is 159 Å². The Kier molecular flexibility index (Phi) is 6.87. The topological polar surface area (TPSA) is 84.5 Å². The lowest BCUT2D eigenvalue weighted by Crippen LogP contribution is -2.35. The zero-order chi connectivity index (χ0) is 19.3. The van der Waals surface area contributed by atoms with Crippen LogP contribution in [-0.4, -0.2) is 34.1 Å². The van der Waals surface area contributed by atoms with Gasteiger partial charge in [0, 0.05) is 23.3 Å². The molecule has 0 aromatic heterocycles. The minimum Gasteiger partial charge on any atom is -0.383 e. The van der Waals surface area contributed by atoms with Crippen molar-refractivity contribution >= 4 is 37.5 Å². The third-order valence-corrected chi connectivity index (χ3v) is 5.67. The molecule has 140 valence electrons. The predicted molar refractivity (Wildman–Crippen MR) is 100 cm³/mol. The van der Waals surface area contributed by atoms with Crippen LogP contribution in [0.25, 0.3) is 0 Å². The van der Waals surface area contributed by atoms with Crippen molar-refractivity contribution in [2.45, 2.75) is 17.9 Å². The molecule has 0 heterocycles. The second-order valence-electron chi connectivity index (χ2n) is 5.58. The van der Waals surface area contributed by atoms with E-state index in [-0.39, 0.29) is 23.1 Å². The molecule has 0 saturated heterocycles. The van der Waals surface area contributed by atoms with E-state index < -0.39 is 21.7 Å². The molecular weight excluding hydrogens is 427 g/mol. The van der Waals surface area contributed by atoms with Crippen molar-refractivity contribution in [3.8, 4) is 0 Å². The van der Waals surface area contributed by atoms with E-state index in [1.807, 2.05) is 0 Å². The van der Waals surface area contributed by atoms with Gasteiger partial charge in [0.2, 0.25) is 10.0 Å². The lowest BCUT2D eigenvalue weighted by molar-refractivity contribution is 0.102. The fourth-order valence-corrected chi connectivity index (χ4v) is 3.86. The van der Waals surface area contributed by atoms with Gasteiger partial charge in [-0.25, -0.2) is 17.5 Å². The van der Waals surface area contributed by atoms with E-state index in [1.54, 1.807) is 6.92 Å². The number of halogens is 2. The Balaban J connectivity index is 2.12. The largest absolute Gasteiger partial charge is 0.383 e. The van der Waals surface area contributed by atoms with Crippen molar-refractivity contribution in [1.82, 2.24) is 4.72 Å². The molecule has 0 fully saturated rings. The molecule has 0 spiro atoms. The number of hydrogen-bond acceptors (Lipinski definition) is 4.